The number of aryl methyl sites for hydroxylation is 1. The molecule has 0 radical (unpaired) electrons. The molecule has 8 heteroatoms. The summed E-state index contributed by atoms with van der Waals surface area (Å²) >= 11 is 0. The number of rotatable bonds is 4. The maximum Gasteiger partial charge on any atom is 0.311 e. The number of ether oxygens (including phenoxy) is 1. The molecule has 0 bridgehead atoms. The average molecular weight is 348 g/mol. The molecule has 3 rings (SSSR count). The van der Waals surface area contributed by atoms with Crippen molar-refractivity contribution in [3.05, 3.63) is 39.4 Å². The fourth-order valence-electron chi connectivity index (χ4n) is 3.80. The lowest BCUT2D eigenvalue weighted by Gasteiger charge is -2.33. The van der Waals surface area contributed by atoms with Gasteiger partial charge in [0.25, 0.3) is 11.6 Å². The van der Waals surface area contributed by atoms with Crippen molar-refractivity contribution >= 4 is 17.6 Å². The minimum Gasteiger partial charge on any atom is -0.481 e. The average Bonchev–Trinajstić information content (AvgIpc) is 3.01. The summed E-state index contributed by atoms with van der Waals surface area (Å²) in [6.45, 7) is 2.88. The zero-order valence-corrected chi connectivity index (χ0v) is 13.9. The van der Waals surface area contributed by atoms with Crippen molar-refractivity contribution in [2.24, 2.45) is 11.3 Å². The fraction of sp³-hybridized carbons (Fsp3) is 0.529. The van der Waals surface area contributed by atoms with E-state index < -0.39 is 16.3 Å². The van der Waals surface area contributed by atoms with Crippen LogP contribution in [0.1, 0.15) is 29.3 Å². The number of likely N-dealkylation sites (tertiary alicyclic amines) is 1. The van der Waals surface area contributed by atoms with E-state index in [0.717, 1.165) is 0 Å². The van der Waals surface area contributed by atoms with Crippen LogP contribution in [0.4, 0.5) is 5.69 Å². The molecule has 2 heterocycles. The summed E-state index contributed by atoms with van der Waals surface area (Å²) in [6, 6.07) is 4.44. The van der Waals surface area contributed by atoms with Gasteiger partial charge in [0.15, 0.2) is 0 Å². The van der Waals surface area contributed by atoms with Crippen LogP contribution in [-0.2, 0) is 16.0 Å². The Labute approximate surface area is 144 Å². The number of aliphatic carboxylic acids is 1. The van der Waals surface area contributed by atoms with Gasteiger partial charge < -0.3 is 14.7 Å². The number of carbonyl (C=O) groups excluding carboxylic acids is 1. The molecule has 1 aromatic carbocycles. The van der Waals surface area contributed by atoms with E-state index in [1.165, 1.54) is 11.0 Å². The van der Waals surface area contributed by atoms with Crippen LogP contribution in [0.5, 0.6) is 0 Å². The molecular formula is C17H20N2O6. The highest BCUT2D eigenvalue weighted by Gasteiger charge is 2.55. The molecule has 1 N–H and O–H groups in total. The second-order valence-corrected chi connectivity index (χ2v) is 6.62. The summed E-state index contributed by atoms with van der Waals surface area (Å²) in [5, 5.41) is 20.9. The largest absolute Gasteiger partial charge is 0.481 e. The van der Waals surface area contributed by atoms with E-state index in [2.05, 4.69) is 0 Å². The molecule has 2 saturated heterocycles. The predicted octanol–water partition coefficient (Wildman–Crippen LogP) is 1.72. The number of hydrogen-bond donors (Lipinski definition) is 1. The summed E-state index contributed by atoms with van der Waals surface area (Å²) in [5.41, 5.74) is -0.291. The second-order valence-electron chi connectivity index (χ2n) is 6.62. The minimum atomic E-state index is -0.983. The number of nitro groups is 1. The van der Waals surface area contributed by atoms with Crippen molar-refractivity contribution in [1.82, 2.24) is 4.90 Å². The third-order valence-electron chi connectivity index (χ3n) is 5.33. The Hall–Kier alpha value is -2.48. The topological polar surface area (TPSA) is 110 Å². The van der Waals surface area contributed by atoms with Gasteiger partial charge in [0.05, 0.1) is 16.9 Å². The van der Waals surface area contributed by atoms with Crippen LogP contribution in [-0.4, -0.2) is 53.1 Å². The first-order valence-electron chi connectivity index (χ1n) is 8.26. The summed E-state index contributed by atoms with van der Waals surface area (Å²) in [6.07, 6.45) is 0.863. The van der Waals surface area contributed by atoms with E-state index in [9.17, 15) is 24.8 Å². The van der Waals surface area contributed by atoms with Crippen molar-refractivity contribution in [2.75, 3.05) is 26.3 Å². The van der Waals surface area contributed by atoms with E-state index in [1.807, 2.05) is 6.92 Å². The first kappa shape index (κ1) is 17.3. The predicted molar refractivity (Wildman–Crippen MR) is 87.4 cm³/mol. The number of carbonyl (C=O) groups is 2. The maximum atomic E-state index is 12.8. The number of nitrogens with zero attached hydrogens (tertiary/aromatic N) is 2. The van der Waals surface area contributed by atoms with E-state index in [1.54, 1.807) is 12.1 Å². The van der Waals surface area contributed by atoms with Gasteiger partial charge in [-0.2, -0.15) is 0 Å². The van der Waals surface area contributed by atoms with Crippen LogP contribution in [0.25, 0.3) is 0 Å². The number of carboxylic acid groups (broad SMARTS) is 1. The molecule has 2 aliphatic heterocycles. The van der Waals surface area contributed by atoms with Crippen LogP contribution < -0.4 is 0 Å². The molecule has 0 aromatic heterocycles. The first-order valence-corrected chi connectivity index (χ1v) is 8.26. The van der Waals surface area contributed by atoms with E-state index in [-0.39, 0.29) is 36.2 Å². The molecule has 1 aromatic rings. The lowest BCUT2D eigenvalue weighted by molar-refractivity contribution is -0.385. The molecule has 25 heavy (non-hydrogen) atoms. The fourth-order valence-corrected chi connectivity index (χ4v) is 3.80. The van der Waals surface area contributed by atoms with E-state index >= 15 is 0 Å². The van der Waals surface area contributed by atoms with Gasteiger partial charge in [0.2, 0.25) is 0 Å². The quantitative estimate of drug-likeness (QED) is 0.655. The van der Waals surface area contributed by atoms with Crippen molar-refractivity contribution in [1.29, 1.82) is 0 Å². The summed E-state index contributed by atoms with van der Waals surface area (Å²) in [5.74, 6) is -1.54. The van der Waals surface area contributed by atoms with Crippen molar-refractivity contribution in [3.63, 3.8) is 0 Å². The SMILES string of the molecule is CCc1ccc(C(=O)N2C[C@H]3COCC[C@@]3(C(=O)O)C2)cc1[N+](=O)[O-]. The molecule has 2 fully saturated rings. The Balaban J connectivity index is 1.88. The molecule has 0 unspecified atom stereocenters. The van der Waals surface area contributed by atoms with Gasteiger partial charge >= 0.3 is 5.97 Å². The van der Waals surface area contributed by atoms with Crippen LogP contribution in [0.2, 0.25) is 0 Å². The highest BCUT2D eigenvalue weighted by atomic mass is 16.6. The van der Waals surface area contributed by atoms with Gasteiger partial charge in [-0.3, -0.25) is 19.7 Å². The first-order chi connectivity index (χ1) is 11.9. The van der Waals surface area contributed by atoms with Crippen molar-refractivity contribution in [3.8, 4) is 0 Å². The van der Waals surface area contributed by atoms with E-state index in [0.29, 0.717) is 31.6 Å². The molecule has 1 amide bonds. The number of carboxylic acids is 1. The Kier molecular flexibility index (Phi) is 4.47. The number of benzene rings is 1. The third-order valence-corrected chi connectivity index (χ3v) is 5.33. The van der Waals surface area contributed by atoms with Crippen LogP contribution in [0, 0.1) is 21.4 Å². The normalized spacial score (nSPS) is 25.5. The number of amides is 1. The molecule has 134 valence electrons. The Morgan fingerprint density at radius 1 is 1.48 bits per heavy atom. The number of fused-ring (bicyclic) bond motifs is 1. The zero-order valence-electron chi connectivity index (χ0n) is 13.9. The van der Waals surface area contributed by atoms with Gasteiger partial charge in [-0.25, -0.2) is 0 Å². The third kappa shape index (κ3) is 2.86. The molecule has 2 atom stereocenters. The molecular weight excluding hydrogens is 328 g/mol. The standard InChI is InChI=1S/C17H20N2O6/c1-2-11-3-4-12(7-14(11)19(23)24)15(20)18-8-13-9-25-6-5-17(13,10-18)16(21)22/h3-4,7,13H,2,5-6,8-10H2,1H3,(H,21,22)/t13-,17+/m0/s1. The van der Waals surface area contributed by atoms with Gasteiger partial charge in [-0.15, -0.1) is 0 Å². The van der Waals surface area contributed by atoms with Crippen LogP contribution in [0.15, 0.2) is 18.2 Å². The summed E-state index contributed by atoms with van der Waals surface area (Å²) in [4.78, 5) is 36.8. The smallest absolute Gasteiger partial charge is 0.311 e. The molecule has 0 aliphatic carbocycles. The van der Waals surface area contributed by atoms with Gasteiger partial charge in [0.1, 0.15) is 0 Å². The molecule has 8 nitrogen and oxygen atoms in total. The molecule has 0 spiro atoms. The Morgan fingerprint density at radius 2 is 2.24 bits per heavy atom. The van der Waals surface area contributed by atoms with Crippen molar-refractivity contribution < 1.29 is 24.4 Å². The summed E-state index contributed by atoms with van der Waals surface area (Å²) < 4.78 is 5.38. The Morgan fingerprint density at radius 3 is 2.84 bits per heavy atom. The van der Waals surface area contributed by atoms with E-state index in [4.69, 9.17) is 4.74 Å². The van der Waals surface area contributed by atoms with Gasteiger partial charge in [0, 0.05) is 42.8 Å². The molecule has 0 saturated carbocycles. The Bertz CT molecular complexity index is 734. The van der Waals surface area contributed by atoms with Gasteiger partial charge in [-0.1, -0.05) is 13.0 Å². The monoisotopic (exact) mass is 348 g/mol. The second kappa shape index (κ2) is 6.44. The summed E-state index contributed by atoms with van der Waals surface area (Å²) in [7, 11) is 0. The lowest BCUT2D eigenvalue weighted by atomic mass is 9.74. The van der Waals surface area contributed by atoms with Gasteiger partial charge in [-0.05, 0) is 18.9 Å². The minimum absolute atomic E-state index is 0.0822. The maximum absolute atomic E-state index is 12.8. The van der Waals surface area contributed by atoms with Crippen LogP contribution in [0.3, 0.4) is 0 Å². The lowest BCUT2D eigenvalue weighted by Crippen LogP contribution is -2.45. The van der Waals surface area contributed by atoms with Crippen LogP contribution >= 0.6 is 0 Å². The number of nitro benzene ring substituents is 1. The molecule has 2 aliphatic rings. The number of hydrogen-bond acceptors (Lipinski definition) is 5. The van der Waals surface area contributed by atoms with Crippen molar-refractivity contribution in [2.45, 2.75) is 19.8 Å². The highest BCUT2D eigenvalue weighted by molar-refractivity contribution is 5.96. The highest BCUT2D eigenvalue weighted by Crippen LogP contribution is 2.43. The zero-order chi connectivity index (χ0) is 18.2.